The summed E-state index contributed by atoms with van der Waals surface area (Å²) in [5.41, 5.74) is 6.70. The van der Waals surface area contributed by atoms with Gasteiger partial charge in [-0.05, 0) is 25.0 Å². The number of anilines is 1. The van der Waals surface area contributed by atoms with Crippen molar-refractivity contribution in [2.24, 2.45) is 7.05 Å². The number of pyridine rings is 1. The number of nitrogens with zero attached hydrogens (tertiary/aromatic N) is 4. The molecule has 0 radical (unpaired) electrons. The number of rotatable bonds is 2. The summed E-state index contributed by atoms with van der Waals surface area (Å²) < 4.78 is 1.85. The Bertz CT molecular complexity index is 569. The number of aryl methyl sites for hydroxylation is 1. The lowest BCUT2D eigenvalue weighted by atomic mass is 9.89. The molecule has 1 aliphatic carbocycles. The van der Waals surface area contributed by atoms with Crippen LogP contribution in [-0.4, -0.2) is 19.7 Å². The van der Waals surface area contributed by atoms with Crippen LogP contribution in [-0.2, 0) is 7.05 Å². The third-order valence-electron chi connectivity index (χ3n) is 3.79. The molecule has 0 atom stereocenters. The van der Waals surface area contributed by atoms with Gasteiger partial charge in [-0.25, -0.2) is 14.6 Å². The van der Waals surface area contributed by atoms with Gasteiger partial charge in [0.2, 0.25) is 0 Å². The quantitative estimate of drug-likeness (QED) is 0.897. The fourth-order valence-electron chi connectivity index (χ4n) is 2.78. The fourth-order valence-corrected chi connectivity index (χ4v) is 2.78. The van der Waals surface area contributed by atoms with E-state index in [1.807, 2.05) is 23.9 Å². The number of nitrogens with two attached hydrogens (primary N) is 1. The zero-order valence-corrected chi connectivity index (χ0v) is 11.2. The number of hydrogen-bond donors (Lipinski definition) is 1. The van der Waals surface area contributed by atoms with Crippen molar-refractivity contribution < 1.29 is 0 Å². The summed E-state index contributed by atoms with van der Waals surface area (Å²) in [7, 11) is 1.94. The normalized spacial score (nSPS) is 16.7. The van der Waals surface area contributed by atoms with E-state index >= 15 is 0 Å². The average Bonchev–Trinajstić information content (AvgIpc) is 2.82. The first kappa shape index (κ1) is 12.1. The Morgan fingerprint density at radius 2 is 2.05 bits per heavy atom. The summed E-state index contributed by atoms with van der Waals surface area (Å²) >= 11 is 0. The first-order chi connectivity index (χ1) is 9.24. The predicted molar refractivity (Wildman–Crippen MR) is 74.5 cm³/mol. The lowest BCUT2D eigenvalue weighted by Crippen LogP contribution is -2.06. The highest BCUT2D eigenvalue weighted by Crippen LogP contribution is 2.31. The van der Waals surface area contributed by atoms with E-state index in [9.17, 15) is 0 Å². The molecule has 3 rings (SSSR count). The number of hydrogen-bond acceptors (Lipinski definition) is 4. The summed E-state index contributed by atoms with van der Waals surface area (Å²) in [5, 5.41) is 4.58. The summed E-state index contributed by atoms with van der Waals surface area (Å²) in [6, 6.07) is 3.76. The highest BCUT2D eigenvalue weighted by Gasteiger charge is 2.21. The van der Waals surface area contributed by atoms with E-state index in [1.165, 1.54) is 32.1 Å². The van der Waals surface area contributed by atoms with Crippen LogP contribution in [0.25, 0.3) is 11.4 Å². The number of nitrogen functional groups attached to an aromatic ring is 1. The van der Waals surface area contributed by atoms with Crippen molar-refractivity contribution in [1.82, 2.24) is 19.7 Å². The smallest absolute Gasteiger partial charge is 0.158 e. The van der Waals surface area contributed by atoms with Crippen molar-refractivity contribution in [2.45, 2.75) is 38.0 Å². The van der Waals surface area contributed by atoms with Gasteiger partial charge in [0.05, 0.1) is 0 Å². The van der Waals surface area contributed by atoms with E-state index in [4.69, 9.17) is 10.7 Å². The maximum absolute atomic E-state index is 5.73. The Balaban J connectivity index is 1.92. The van der Waals surface area contributed by atoms with Gasteiger partial charge in [-0.2, -0.15) is 5.10 Å². The molecule has 0 spiro atoms. The van der Waals surface area contributed by atoms with Crippen molar-refractivity contribution in [3.63, 3.8) is 0 Å². The molecule has 0 amide bonds. The standard InChI is InChI=1S/C14H19N5/c1-19-14(11-7-8-16-12(15)9-11)17-13(18-19)10-5-3-2-4-6-10/h7-10H,2-6H2,1H3,(H2,15,16). The fraction of sp³-hybridized carbons (Fsp3) is 0.500. The molecular formula is C14H19N5. The minimum atomic E-state index is 0.514. The molecule has 19 heavy (non-hydrogen) atoms. The van der Waals surface area contributed by atoms with E-state index in [2.05, 4.69) is 10.1 Å². The van der Waals surface area contributed by atoms with Gasteiger partial charge in [-0.1, -0.05) is 19.3 Å². The van der Waals surface area contributed by atoms with Crippen LogP contribution in [0.4, 0.5) is 5.82 Å². The maximum atomic E-state index is 5.73. The lowest BCUT2D eigenvalue weighted by molar-refractivity contribution is 0.427. The van der Waals surface area contributed by atoms with Gasteiger partial charge in [0.25, 0.3) is 0 Å². The van der Waals surface area contributed by atoms with Crippen LogP contribution in [0.5, 0.6) is 0 Å². The monoisotopic (exact) mass is 257 g/mol. The molecule has 0 aliphatic heterocycles. The number of aromatic nitrogens is 4. The minimum absolute atomic E-state index is 0.514. The Morgan fingerprint density at radius 3 is 2.79 bits per heavy atom. The van der Waals surface area contributed by atoms with E-state index in [-0.39, 0.29) is 0 Å². The van der Waals surface area contributed by atoms with Crippen molar-refractivity contribution in [1.29, 1.82) is 0 Å². The molecule has 0 unspecified atom stereocenters. The maximum Gasteiger partial charge on any atom is 0.158 e. The third-order valence-corrected chi connectivity index (χ3v) is 3.79. The van der Waals surface area contributed by atoms with Crippen LogP contribution < -0.4 is 5.73 Å². The van der Waals surface area contributed by atoms with Crippen molar-refractivity contribution in [3.05, 3.63) is 24.2 Å². The molecule has 2 heterocycles. The molecule has 1 saturated carbocycles. The molecule has 2 aromatic rings. The third kappa shape index (κ3) is 2.45. The first-order valence-electron chi connectivity index (χ1n) is 6.87. The summed E-state index contributed by atoms with van der Waals surface area (Å²) in [6.45, 7) is 0. The molecular weight excluding hydrogens is 238 g/mol. The highest BCUT2D eigenvalue weighted by molar-refractivity contribution is 5.58. The van der Waals surface area contributed by atoms with Crippen molar-refractivity contribution >= 4 is 5.82 Å². The van der Waals surface area contributed by atoms with Gasteiger partial charge < -0.3 is 5.73 Å². The van der Waals surface area contributed by atoms with Gasteiger partial charge in [0.15, 0.2) is 11.6 Å². The Labute approximate surface area is 112 Å². The molecule has 1 fully saturated rings. The Hall–Kier alpha value is -1.91. The van der Waals surface area contributed by atoms with Crippen LogP contribution in [0, 0.1) is 0 Å². The molecule has 1 aliphatic rings. The molecule has 2 aromatic heterocycles. The van der Waals surface area contributed by atoms with Gasteiger partial charge >= 0.3 is 0 Å². The van der Waals surface area contributed by atoms with Gasteiger partial charge in [0, 0.05) is 24.7 Å². The van der Waals surface area contributed by atoms with Crippen LogP contribution >= 0.6 is 0 Å². The lowest BCUT2D eigenvalue weighted by Gasteiger charge is -2.18. The second-order valence-electron chi connectivity index (χ2n) is 5.22. The summed E-state index contributed by atoms with van der Waals surface area (Å²) in [5.74, 6) is 2.88. The predicted octanol–water partition coefficient (Wildman–Crippen LogP) is 2.51. The van der Waals surface area contributed by atoms with Gasteiger partial charge in [-0.3, -0.25) is 0 Å². The molecule has 100 valence electrons. The molecule has 0 aromatic carbocycles. The SMILES string of the molecule is Cn1nc(C2CCCCC2)nc1-c1ccnc(N)c1. The Kier molecular flexibility index (Phi) is 3.19. The molecule has 5 heteroatoms. The van der Waals surface area contributed by atoms with Crippen molar-refractivity contribution in [2.75, 3.05) is 5.73 Å². The molecule has 5 nitrogen and oxygen atoms in total. The van der Waals surface area contributed by atoms with Gasteiger partial charge in [-0.15, -0.1) is 0 Å². The summed E-state index contributed by atoms with van der Waals surface area (Å²) in [6.07, 6.45) is 8.06. The first-order valence-corrected chi connectivity index (χ1v) is 6.87. The average molecular weight is 257 g/mol. The zero-order valence-electron chi connectivity index (χ0n) is 11.2. The van der Waals surface area contributed by atoms with E-state index in [0.29, 0.717) is 11.7 Å². The molecule has 0 bridgehead atoms. The Morgan fingerprint density at radius 1 is 1.26 bits per heavy atom. The largest absolute Gasteiger partial charge is 0.384 e. The zero-order chi connectivity index (χ0) is 13.2. The van der Waals surface area contributed by atoms with Crippen LogP contribution in [0.15, 0.2) is 18.3 Å². The van der Waals surface area contributed by atoms with E-state index < -0.39 is 0 Å². The second-order valence-corrected chi connectivity index (χ2v) is 5.22. The van der Waals surface area contributed by atoms with E-state index in [1.54, 1.807) is 6.20 Å². The molecule has 0 saturated heterocycles. The second kappa shape index (κ2) is 4.99. The topological polar surface area (TPSA) is 69.6 Å². The van der Waals surface area contributed by atoms with Gasteiger partial charge in [0.1, 0.15) is 5.82 Å². The minimum Gasteiger partial charge on any atom is -0.384 e. The van der Waals surface area contributed by atoms with Crippen LogP contribution in [0.3, 0.4) is 0 Å². The van der Waals surface area contributed by atoms with Crippen LogP contribution in [0.1, 0.15) is 43.8 Å². The summed E-state index contributed by atoms with van der Waals surface area (Å²) in [4.78, 5) is 8.73. The molecule has 2 N–H and O–H groups in total. The highest BCUT2D eigenvalue weighted by atomic mass is 15.3. The van der Waals surface area contributed by atoms with Crippen LogP contribution in [0.2, 0.25) is 0 Å². The van der Waals surface area contributed by atoms with E-state index in [0.717, 1.165) is 17.2 Å². The van der Waals surface area contributed by atoms with Crippen molar-refractivity contribution in [3.8, 4) is 11.4 Å².